The molecule has 1 aromatic carbocycles. The SMILES string of the molecule is OC1(CNCc2c(Cl)oc3ccccc23)CCCCCC1. The highest BCUT2D eigenvalue weighted by Crippen LogP contribution is 2.30. The molecule has 1 aromatic heterocycles. The molecule has 1 aliphatic carbocycles. The van der Waals surface area contributed by atoms with Gasteiger partial charge in [0.05, 0.1) is 5.60 Å². The van der Waals surface area contributed by atoms with Gasteiger partial charge in [-0.15, -0.1) is 0 Å². The summed E-state index contributed by atoms with van der Waals surface area (Å²) in [5.74, 6) is 0. The average Bonchev–Trinajstić information content (AvgIpc) is 2.64. The molecule has 0 aliphatic heterocycles. The zero-order valence-electron chi connectivity index (χ0n) is 12.2. The van der Waals surface area contributed by atoms with Crippen molar-refractivity contribution in [1.82, 2.24) is 5.32 Å². The molecule has 0 bridgehead atoms. The molecule has 0 saturated heterocycles. The Bertz CT molecular complexity index is 600. The van der Waals surface area contributed by atoms with E-state index in [-0.39, 0.29) is 0 Å². The molecule has 3 nitrogen and oxygen atoms in total. The summed E-state index contributed by atoms with van der Waals surface area (Å²) < 4.78 is 5.55. The first-order chi connectivity index (χ1) is 10.2. The van der Waals surface area contributed by atoms with Gasteiger partial charge in [-0.3, -0.25) is 0 Å². The third-order valence-electron chi connectivity index (χ3n) is 4.44. The highest BCUT2D eigenvalue weighted by Gasteiger charge is 2.27. The summed E-state index contributed by atoms with van der Waals surface area (Å²) in [4.78, 5) is 0. The van der Waals surface area contributed by atoms with E-state index < -0.39 is 5.60 Å². The van der Waals surface area contributed by atoms with Crippen molar-refractivity contribution >= 4 is 22.6 Å². The van der Waals surface area contributed by atoms with E-state index in [2.05, 4.69) is 5.32 Å². The maximum Gasteiger partial charge on any atom is 0.199 e. The Hall–Kier alpha value is -1.03. The molecule has 0 atom stereocenters. The summed E-state index contributed by atoms with van der Waals surface area (Å²) in [5.41, 5.74) is 1.22. The van der Waals surface area contributed by atoms with Crippen LogP contribution in [0.15, 0.2) is 28.7 Å². The van der Waals surface area contributed by atoms with Crippen LogP contribution < -0.4 is 5.32 Å². The highest BCUT2D eigenvalue weighted by molar-refractivity contribution is 6.30. The van der Waals surface area contributed by atoms with Crippen LogP contribution in [0.3, 0.4) is 0 Å². The number of aliphatic hydroxyl groups is 1. The van der Waals surface area contributed by atoms with Crippen LogP contribution in [0, 0.1) is 0 Å². The van der Waals surface area contributed by atoms with Crippen LogP contribution in [-0.2, 0) is 6.54 Å². The summed E-state index contributed by atoms with van der Waals surface area (Å²) in [6, 6.07) is 7.86. The molecule has 0 spiro atoms. The van der Waals surface area contributed by atoms with Crippen molar-refractivity contribution in [1.29, 1.82) is 0 Å². The smallest absolute Gasteiger partial charge is 0.199 e. The first-order valence-electron chi connectivity index (χ1n) is 7.77. The molecule has 0 radical (unpaired) electrons. The van der Waals surface area contributed by atoms with Gasteiger partial charge < -0.3 is 14.8 Å². The lowest BCUT2D eigenvalue weighted by Crippen LogP contribution is -2.39. The van der Waals surface area contributed by atoms with E-state index in [1.54, 1.807) is 0 Å². The fourth-order valence-corrected chi connectivity index (χ4v) is 3.47. The molecule has 0 unspecified atom stereocenters. The zero-order valence-corrected chi connectivity index (χ0v) is 13.0. The van der Waals surface area contributed by atoms with Crippen molar-refractivity contribution in [3.05, 3.63) is 35.0 Å². The molecule has 1 heterocycles. The van der Waals surface area contributed by atoms with Gasteiger partial charge in [-0.2, -0.15) is 0 Å². The topological polar surface area (TPSA) is 45.4 Å². The van der Waals surface area contributed by atoms with Crippen LogP contribution in [-0.4, -0.2) is 17.3 Å². The number of furan rings is 1. The molecule has 4 heteroatoms. The molecular formula is C17H22ClNO2. The van der Waals surface area contributed by atoms with Crippen LogP contribution >= 0.6 is 11.6 Å². The van der Waals surface area contributed by atoms with Gasteiger partial charge in [0, 0.05) is 24.0 Å². The third kappa shape index (κ3) is 3.42. The first-order valence-corrected chi connectivity index (χ1v) is 8.15. The lowest BCUT2D eigenvalue weighted by molar-refractivity contribution is 0.0250. The minimum atomic E-state index is -0.567. The average molecular weight is 308 g/mol. The minimum Gasteiger partial charge on any atom is -0.444 e. The molecule has 0 amide bonds. The molecule has 1 fully saturated rings. The number of para-hydroxylation sites is 1. The van der Waals surface area contributed by atoms with Gasteiger partial charge in [-0.1, -0.05) is 43.9 Å². The predicted octanol–water partition coefficient (Wildman–Crippen LogP) is 4.26. The summed E-state index contributed by atoms with van der Waals surface area (Å²) in [7, 11) is 0. The van der Waals surface area contributed by atoms with E-state index >= 15 is 0 Å². The van der Waals surface area contributed by atoms with Crippen LogP contribution in [0.2, 0.25) is 5.22 Å². The number of hydrogen-bond acceptors (Lipinski definition) is 3. The summed E-state index contributed by atoms with van der Waals surface area (Å²) in [6.07, 6.45) is 6.49. The van der Waals surface area contributed by atoms with Gasteiger partial charge >= 0.3 is 0 Å². The lowest BCUT2D eigenvalue weighted by Gasteiger charge is -2.26. The van der Waals surface area contributed by atoms with Crippen LogP contribution in [0.5, 0.6) is 0 Å². The predicted molar refractivity (Wildman–Crippen MR) is 85.6 cm³/mol. The Morgan fingerprint density at radius 3 is 2.62 bits per heavy atom. The Kier molecular flexibility index (Phi) is 4.53. The largest absolute Gasteiger partial charge is 0.444 e. The van der Waals surface area contributed by atoms with Gasteiger partial charge in [-0.25, -0.2) is 0 Å². The second kappa shape index (κ2) is 6.39. The fraction of sp³-hybridized carbons (Fsp3) is 0.529. The monoisotopic (exact) mass is 307 g/mol. The fourth-order valence-electron chi connectivity index (χ4n) is 3.22. The Balaban J connectivity index is 1.65. The second-order valence-electron chi connectivity index (χ2n) is 6.09. The van der Waals surface area contributed by atoms with E-state index in [1.807, 2.05) is 24.3 Å². The van der Waals surface area contributed by atoms with Crippen molar-refractivity contribution in [3.63, 3.8) is 0 Å². The summed E-state index contributed by atoms with van der Waals surface area (Å²) in [6.45, 7) is 1.24. The number of rotatable bonds is 4. The molecule has 1 aliphatic rings. The highest BCUT2D eigenvalue weighted by atomic mass is 35.5. The van der Waals surface area contributed by atoms with Crippen molar-refractivity contribution in [2.45, 2.75) is 50.7 Å². The van der Waals surface area contributed by atoms with E-state index in [0.29, 0.717) is 18.3 Å². The number of hydrogen-bond donors (Lipinski definition) is 2. The zero-order chi connectivity index (χ0) is 14.7. The Morgan fingerprint density at radius 2 is 1.86 bits per heavy atom. The number of fused-ring (bicyclic) bond motifs is 1. The molecule has 3 rings (SSSR count). The van der Waals surface area contributed by atoms with Crippen LogP contribution in [0.1, 0.15) is 44.1 Å². The summed E-state index contributed by atoms with van der Waals surface area (Å²) in [5, 5.41) is 15.5. The number of nitrogens with one attached hydrogen (secondary N) is 1. The third-order valence-corrected chi connectivity index (χ3v) is 4.74. The van der Waals surface area contributed by atoms with Crippen LogP contribution in [0.25, 0.3) is 11.0 Å². The minimum absolute atomic E-state index is 0.441. The summed E-state index contributed by atoms with van der Waals surface area (Å²) >= 11 is 6.18. The molecular weight excluding hydrogens is 286 g/mol. The molecule has 21 heavy (non-hydrogen) atoms. The first kappa shape index (κ1) is 14.9. The van der Waals surface area contributed by atoms with E-state index in [9.17, 15) is 5.11 Å². The van der Waals surface area contributed by atoms with Gasteiger partial charge in [0.2, 0.25) is 0 Å². The number of halogens is 1. The quantitative estimate of drug-likeness (QED) is 0.830. The molecule has 2 aromatic rings. The van der Waals surface area contributed by atoms with Gasteiger partial charge in [-0.05, 0) is 30.5 Å². The molecule has 2 N–H and O–H groups in total. The standard InChI is InChI=1S/C17H22ClNO2/c18-16-14(13-7-3-4-8-15(13)21-16)11-19-12-17(20)9-5-1-2-6-10-17/h3-4,7-8,19-20H,1-2,5-6,9-12H2. The van der Waals surface area contributed by atoms with E-state index in [1.165, 1.54) is 12.8 Å². The van der Waals surface area contributed by atoms with Gasteiger partial charge in [0.15, 0.2) is 5.22 Å². The van der Waals surface area contributed by atoms with Gasteiger partial charge in [0.25, 0.3) is 0 Å². The maximum atomic E-state index is 10.6. The van der Waals surface area contributed by atoms with Crippen molar-refractivity contribution in [3.8, 4) is 0 Å². The maximum absolute atomic E-state index is 10.6. The molecule has 1 saturated carbocycles. The van der Waals surface area contributed by atoms with Gasteiger partial charge in [0.1, 0.15) is 5.58 Å². The van der Waals surface area contributed by atoms with Crippen molar-refractivity contribution in [2.75, 3.05) is 6.54 Å². The normalized spacial score (nSPS) is 18.8. The number of benzene rings is 1. The van der Waals surface area contributed by atoms with E-state index in [4.69, 9.17) is 16.0 Å². The molecule has 114 valence electrons. The van der Waals surface area contributed by atoms with Crippen LogP contribution in [0.4, 0.5) is 0 Å². The van der Waals surface area contributed by atoms with Crippen molar-refractivity contribution in [2.24, 2.45) is 0 Å². The lowest BCUT2D eigenvalue weighted by atomic mass is 9.94. The Labute approximate surface area is 130 Å². The van der Waals surface area contributed by atoms with E-state index in [0.717, 1.165) is 42.2 Å². The Morgan fingerprint density at radius 1 is 1.14 bits per heavy atom. The van der Waals surface area contributed by atoms with Crippen molar-refractivity contribution < 1.29 is 9.52 Å². The second-order valence-corrected chi connectivity index (χ2v) is 6.44.